The number of benzene rings is 1. The zero-order chi connectivity index (χ0) is 13.6. The molecule has 1 aromatic carbocycles. The summed E-state index contributed by atoms with van der Waals surface area (Å²) in [4.78, 5) is 18.4. The van der Waals surface area contributed by atoms with Crippen LogP contribution in [0, 0.1) is 0 Å². The van der Waals surface area contributed by atoms with Crippen LogP contribution in [0.5, 0.6) is 0 Å². The van der Waals surface area contributed by atoms with Gasteiger partial charge in [-0.1, -0.05) is 11.2 Å². The van der Waals surface area contributed by atoms with Gasteiger partial charge in [0.15, 0.2) is 0 Å². The zero-order valence-electron chi connectivity index (χ0n) is 11.0. The summed E-state index contributed by atoms with van der Waals surface area (Å²) in [6.07, 6.45) is 1.32. The van der Waals surface area contributed by atoms with E-state index in [1.54, 1.807) is 6.92 Å². The van der Waals surface area contributed by atoms with E-state index in [0.29, 0.717) is 12.1 Å². The number of aliphatic carboxylic acids is 1. The SMILES string of the molecule is CN1CCc2cc(C3=NOC(C)(C(=O)O)C3)ccc21. The van der Waals surface area contributed by atoms with E-state index in [1.807, 2.05) is 6.07 Å². The Kier molecular flexibility index (Phi) is 2.52. The highest BCUT2D eigenvalue weighted by atomic mass is 16.7. The maximum absolute atomic E-state index is 11.1. The Balaban J connectivity index is 1.88. The van der Waals surface area contributed by atoms with Gasteiger partial charge in [-0.05, 0) is 36.6 Å². The van der Waals surface area contributed by atoms with Crippen molar-refractivity contribution in [2.45, 2.75) is 25.4 Å². The first kappa shape index (κ1) is 12.0. The Bertz CT molecular complexity index is 582. The molecule has 1 N–H and O–H groups in total. The molecular weight excluding hydrogens is 244 g/mol. The summed E-state index contributed by atoms with van der Waals surface area (Å²) in [7, 11) is 2.07. The van der Waals surface area contributed by atoms with Gasteiger partial charge in [-0.2, -0.15) is 0 Å². The molecule has 100 valence electrons. The number of nitrogens with zero attached hydrogens (tertiary/aromatic N) is 2. The minimum atomic E-state index is -1.23. The third kappa shape index (κ3) is 1.85. The lowest BCUT2D eigenvalue weighted by Gasteiger charge is -2.15. The van der Waals surface area contributed by atoms with Crippen molar-refractivity contribution < 1.29 is 14.7 Å². The lowest BCUT2D eigenvalue weighted by atomic mass is 9.95. The van der Waals surface area contributed by atoms with E-state index in [-0.39, 0.29) is 0 Å². The van der Waals surface area contributed by atoms with Crippen molar-refractivity contribution in [2.75, 3.05) is 18.5 Å². The van der Waals surface area contributed by atoms with Crippen LogP contribution >= 0.6 is 0 Å². The average molecular weight is 260 g/mol. The molecule has 1 atom stereocenters. The first-order valence-corrected chi connectivity index (χ1v) is 6.32. The van der Waals surface area contributed by atoms with Crippen molar-refractivity contribution in [3.05, 3.63) is 29.3 Å². The highest BCUT2D eigenvalue weighted by Gasteiger charge is 2.42. The normalized spacial score (nSPS) is 24.9. The van der Waals surface area contributed by atoms with Crippen LogP contribution < -0.4 is 4.90 Å². The van der Waals surface area contributed by atoms with Crippen molar-refractivity contribution in [1.29, 1.82) is 0 Å². The molecule has 0 bridgehead atoms. The number of anilines is 1. The summed E-state index contributed by atoms with van der Waals surface area (Å²) in [5.41, 5.74) is 2.96. The maximum Gasteiger partial charge on any atom is 0.351 e. The van der Waals surface area contributed by atoms with Crippen LogP contribution in [0.25, 0.3) is 0 Å². The van der Waals surface area contributed by atoms with Crippen molar-refractivity contribution >= 4 is 17.4 Å². The predicted octanol–water partition coefficient (Wildman–Crippen LogP) is 1.65. The van der Waals surface area contributed by atoms with Crippen molar-refractivity contribution in [3.8, 4) is 0 Å². The van der Waals surface area contributed by atoms with Crippen LogP contribution in [-0.4, -0.2) is 36.0 Å². The lowest BCUT2D eigenvalue weighted by molar-refractivity contribution is -0.160. The van der Waals surface area contributed by atoms with Crippen LogP contribution in [0.4, 0.5) is 5.69 Å². The first-order chi connectivity index (χ1) is 8.99. The molecule has 0 amide bonds. The van der Waals surface area contributed by atoms with Gasteiger partial charge in [0.25, 0.3) is 0 Å². The van der Waals surface area contributed by atoms with E-state index in [9.17, 15) is 4.79 Å². The number of carboxylic acid groups (broad SMARTS) is 1. The quantitative estimate of drug-likeness (QED) is 0.878. The number of oxime groups is 1. The molecule has 2 heterocycles. The predicted molar refractivity (Wildman–Crippen MR) is 71.7 cm³/mol. The molecule has 0 aliphatic carbocycles. The lowest BCUT2D eigenvalue weighted by Crippen LogP contribution is -2.35. The number of carbonyl (C=O) groups is 1. The van der Waals surface area contributed by atoms with E-state index in [4.69, 9.17) is 9.94 Å². The van der Waals surface area contributed by atoms with Crippen molar-refractivity contribution in [1.82, 2.24) is 0 Å². The number of likely N-dealkylation sites (N-methyl/N-ethyl adjacent to an activating group) is 1. The summed E-state index contributed by atoms with van der Waals surface area (Å²) in [5, 5.41) is 13.1. The van der Waals surface area contributed by atoms with Crippen LogP contribution in [-0.2, 0) is 16.1 Å². The highest BCUT2D eigenvalue weighted by molar-refractivity contribution is 6.04. The van der Waals surface area contributed by atoms with Gasteiger partial charge in [-0.25, -0.2) is 4.79 Å². The molecule has 1 unspecified atom stereocenters. The van der Waals surface area contributed by atoms with Crippen LogP contribution in [0.3, 0.4) is 0 Å². The van der Waals surface area contributed by atoms with Crippen molar-refractivity contribution in [3.63, 3.8) is 0 Å². The Hall–Kier alpha value is -2.04. The Morgan fingerprint density at radius 1 is 1.53 bits per heavy atom. The molecule has 0 aromatic heterocycles. The van der Waals surface area contributed by atoms with Gasteiger partial charge in [0.1, 0.15) is 0 Å². The van der Waals surface area contributed by atoms with Gasteiger partial charge in [0.2, 0.25) is 5.60 Å². The molecule has 5 nitrogen and oxygen atoms in total. The molecule has 0 fully saturated rings. The Morgan fingerprint density at radius 2 is 2.32 bits per heavy atom. The molecule has 19 heavy (non-hydrogen) atoms. The maximum atomic E-state index is 11.1. The third-order valence-electron chi connectivity index (χ3n) is 3.86. The number of carboxylic acids is 1. The second-order valence-corrected chi connectivity index (χ2v) is 5.36. The number of hydrogen-bond acceptors (Lipinski definition) is 4. The van der Waals surface area contributed by atoms with E-state index >= 15 is 0 Å². The molecule has 5 heteroatoms. The minimum Gasteiger partial charge on any atom is -0.478 e. The fourth-order valence-corrected chi connectivity index (χ4v) is 2.56. The minimum absolute atomic E-state index is 0.303. The second-order valence-electron chi connectivity index (χ2n) is 5.36. The summed E-state index contributed by atoms with van der Waals surface area (Å²) < 4.78 is 0. The molecule has 1 aromatic rings. The van der Waals surface area contributed by atoms with Gasteiger partial charge in [0, 0.05) is 25.7 Å². The smallest absolute Gasteiger partial charge is 0.351 e. The van der Waals surface area contributed by atoms with Crippen LogP contribution in [0.1, 0.15) is 24.5 Å². The number of fused-ring (bicyclic) bond motifs is 1. The van der Waals surface area contributed by atoms with Crippen molar-refractivity contribution in [2.24, 2.45) is 5.16 Å². The average Bonchev–Trinajstić information content (AvgIpc) is 2.95. The molecule has 2 aliphatic heterocycles. The molecule has 0 saturated carbocycles. The van der Waals surface area contributed by atoms with E-state index in [1.165, 1.54) is 11.3 Å². The van der Waals surface area contributed by atoms with E-state index < -0.39 is 11.6 Å². The molecule has 3 rings (SSSR count). The second kappa shape index (κ2) is 3.98. The van der Waals surface area contributed by atoms with Gasteiger partial charge < -0.3 is 14.8 Å². The monoisotopic (exact) mass is 260 g/mol. The summed E-state index contributed by atoms with van der Waals surface area (Å²) >= 11 is 0. The Labute approximate surface area is 111 Å². The zero-order valence-corrected chi connectivity index (χ0v) is 11.0. The standard InChI is InChI=1S/C14H16N2O3/c1-14(13(17)18)8-11(15-19-14)9-3-4-12-10(7-9)5-6-16(12)2/h3-4,7H,5-6,8H2,1-2H3,(H,17,18). The van der Waals surface area contributed by atoms with Gasteiger partial charge in [0.05, 0.1) is 5.71 Å². The molecule has 0 spiro atoms. The fraction of sp³-hybridized carbons (Fsp3) is 0.429. The fourth-order valence-electron chi connectivity index (χ4n) is 2.56. The third-order valence-corrected chi connectivity index (χ3v) is 3.86. The van der Waals surface area contributed by atoms with Gasteiger partial charge in [-0.3, -0.25) is 0 Å². The van der Waals surface area contributed by atoms with Crippen LogP contribution in [0.15, 0.2) is 23.4 Å². The summed E-state index contributed by atoms with van der Waals surface area (Å²) in [6.45, 7) is 2.57. The van der Waals surface area contributed by atoms with Crippen LogP contribution in [0.2, 0.25) is 0 Å². The first-order valence-electron chi connectivity index (χ1n) is 6.32. The highest BCUT2D eigenvalue weighted by Crippen LogP contribution is 2.31. The van der Waals surface area contributed by atoms with Gasteiger partial charge >= 0.3 is 5.97 Å². The molecule has 0 radical (unpaired) electrons. The summed E-state index contributed by atoms with van der Waals surface area (Å²) in [5.74, 6) is -0.979. The van der Waals surface area contributed by atoms with E-state index in [2.05, 4.69) is 29.2 Å². The Morgan fingerprint density at radius 3 is 3.00 bits per heavy atom. The van der Waals surface area contributed by atoms with Gasteiger partial charge in [-0.15, -0.1) is 0 Å². The number of rotatable bonds is 2. The topological polar surface area (TPSA) is 62.1 Å². The molecule has 0 saturated heterocycles. The molecule has 2 aliphatic rings. The molecular formula is C14H16N2O3. The largest absolute Gasteiger partial charge is 0.478 e. The number of hydrogen-bond donors (Lipinski definition) is 1. The van der Waals surface area contributed by atoms with E-state index in [0.717, 1.165) is 18.5 Å². The summed E-state index contributed by atoms with van der Waals surface area (Å²) in [6, 6.07) is 6.14.